The average molecular weight is 476 g/mol. The molecule has 0 unspecified atom stereocenters. The lowest BCUT2D eigenvalue weighted by Crippen LogP contribution is -2.25. The summed E-state index contributed by atoms with van der Waals surface area (Å²) >= 11 is 2.66. The normalized spacial score (nSPS) is 11.3. The van der Waals surface area contributed by atoms with Crippen molar-refractivity contribution in [3.8, 4) is 0 Å². The van der Waals surface area contributed by atoms with Gasteiger partial charge in [0.25, 0.3) is 5.56 Å². The van der Waals surface area contributed by atoms with E-state index in [-0.39, 0.29) is 34.6 Å². The van der Waals surface area contributed by atoms with Crippen LogP contribution in [-0.2, 0) is 11.2 Å². The Hall–Kier alpha value is -2.52. The highest BCUT2D eigenvalue weighted by Crippen LogP contribution is 2.29. The molecule has 0 aliphatic heterocycles. The molecule has 0 atom stereocenters. The summed E-state index contributed by atoms with van der Waals surface area (Å²) in [7, 11) is 0. The third-order valence-electron chi connectivity index (χ3n) is 5.19. The third kappa shape index (κ3) is 5.10. The van der Waals surface area contributed by atoms with Crippen molar-refractivity contribution in [2.75, 3.05) is 12.3 Å². The Bertz CT molecular complexity index is 1250. The molecule has 2 heterocycles. The van der Waals surface area contributed by atoms with Gasteiger partial charge in [-0.1, -0.05) is 23.9 Å². The number of fused-ring (bicyclic) bond motifs is 1. The molecule has 0 saturated heterocycles. The zero-order valence-corrected chi connectivity index (χ0v) is 20.4. The minimum atomic E-state index is -0.477. The quantitative estimate of drug-likeness (QED) is 0.296. The number of ketones is 1. The number of carbonyl (C=O) groups excluding carboxylic acids is 2. The van der Waals surface area contributed by atoms with Gasteiger partial charge in [-0.25, -0.2) is 9.37 Å². The molecule has 6 nitrogen and oxygen atoms in total. The predicted octanol–water partition coefficient (Wildman–Crippen LogP) is 4.45. The molecule has 0 saturated carbocycles. The maximum absolute atomic E-state index is 14.4. The average Bonchev–Trinajstić information content (AvgIpc) is 3.00. The van der Waals surface area contributed by atoms with Crippen molar-refractivity contribution in [2.45, 2.75) is 52.2 Å². The number of aromatic nitrogens is 2. The summed E-state index contributed by atoms with van der Waals surface area (Å²) in [5.74, 6) is -0.854. The molecule has 0 fully saturated rings. The molecule has 1 N–H and O–H groups in total. The Morgan fingerprint density at radius 3 is 2.62 bits per heavy atom. The second-order valence-electron chi connectivity index (χ2n) is 7.88. The molecule has 1 amide bonds. The first-order valence-corrected chi connectivity index (χ1v) is 12.1. The zero-order valence-electron chi connectivity index (χ0n) is 18.7. The lowest BCUT2D eigenvalue weighted by molar-refractivity contribution is -0.118. The Morgan fingerprint density at radius 2 is 2.00 bits per heavy atom. The number of nitrogens with zero attached hydrogens (tertiary/aromatic N) is 2. The van der Waals surface area contributed by atoms with E-state index in [2.05, 4.69) is 10.3 Å². The number of halogens is 1. The van der Waals surface area contributed by atoms with Gasteiger partial charge in [-0.3, -0.25) is 19.0 Å². The SMILES string of the molecule is CC(=O)NCCc1ccc(C(=O)CSc2nc3sc(C)c(C)c3c(=O)n2C(C)C)cc1F. The molecule has 32 heavy (non-hydrogen) atoms. The molecule has 170 valence electrons. The van der Waals surface area contributed by atoms with Gasteiger partial charge in [0.1, 0.15) is 10.6 Å². The summed E-state index contributed by atoms with van der Waals surface area (Å²) in [6.45, 7) is 9.44. The van der Waals surface area contributed by atoms with Gasteiger partial charge < -0.3 is 5.32 Å². The molecule has 0 bridgehead atoms. The van der Waals surface area contributed by atoms with Gasteiger partial charge in [0, 0.05) is 30.0 Å². The van der Waals surface area contributed by atoms with Crippen molar-refractivity contribution in [1.82, 2.24) is 14.9 Å². The maximum atomic E-state index is 14.4. The molecular weight excluding hydrogens is 449 g/mol. The van der Waals surface area contributed by atoms with Crippen molar-refractivity contribution in [1.29, 1.82) is 0 Å². The smallest absolute Gasteiger partial charge is 0.263 e. The number of thiophene rings is 1. The van der Waals surface area contributed by atoms with Gasteiger partial charge in [0.2, 0.25) is 5.91 Å². The summed E-state index contributed by atoms with van der Waals surface area (Å²) in [6, 6.07) is 4.27. The molecule has 1 aromatic carbocycles. The number of amides is 1. The monoisotopic (exact) mass is 475 g/mol. The number of hydrogen-bond donors (Lipinski definition) is 1. The van der Waals surface area contributed by atoms with Crippen LogP contribution in [0.15, 0.2) is 28.2 Å². The van der Waals surface area contributed by atoms with Gasteiger partial charge in [0.05, 0.1) is 11.1 Å². The summed E-state index contributed by atoms with van der Waals surface area (Å²) in [4.78, 5) is 43.2. The standard InChI is InChI=1S/C23H26FN3O3S2/c1-12(2)27-22(30)20-13(3)14(4)32-21(20)26-23(27)31-11-19(29)17-7-6-16(18(24)10-17)8-9-25-15(5)28/h6-7,10,12H,8-9,11H2,1-5H3,(H,25,28). The number of aryl methyl sites for hydroxylation is 2. The van der Waals surface area contributed by atoms with Crippen LogP contribution in [-0.4, -0.2) is 33.5 Å². The van der Waals surface area contributed by atoms with Crippen LogP contribution in [0, 0.1) is 19.7 Å². The van der Waals surface area contributed by atoms with Crippen molar-refractivity contribution in [3.05, 3.63) is 55.9 Å². The van der Waals surface area contributed by atoms with E-state index in [0.29, 0.717) is 33.9 Å². The van der Waals surface area contributed by atoms with E-state index < -0.39 is 5.82 Å². The highest BCUT2D eigenvalue weighted by molar-refractivity contribution is 7.99. The molecule has 0 aliphatic carbocycles. The summed E-state index contributed by atoms with van der Waals surface area (Å²) in [6.07, 6.45) is 0.346. The van der Waals surface area contributed by atoms with Crippen LogP contribution in [0.5, 0.6) is 0 Å². The lowest BCUT2D eigenvalue weighted by Gasteiger charge is -2.15. The number of carbonyl (C=O) groups is 2. The second kappa shape index (κ2) is 9.95. The van der Waals surface area contributed by atoms with Gasteiger partial charge in [-0.2, -0.15) is 0 Å². The lowest BCUT2D eigenvalue weighted by atomic mass is 10.1. The summed E-state index contributed by atoms with van der Waals surface area (Å²) < 4.78 is 16.0. The van der Waals surface area contributed by atoms with Crippen molar-refractivity contribution in [2.24, 2.45) is 0 Å². The largest absolute Gasteiger partial charge is 0.356 e. The Kier molecular flexibility index (Phi) is 7.51. The number of thioether (sulfide) groups is 1. The molecular formula is C23H26FN3O3S2. The highest BCUT2D eigenvalue weighted by atomic mass is 32.2. The summed E-state index contributed by atoms with van der Waals surface area (Å²) in [5, 5.41) is 3.74. The van der Waals surface area contributed by atoms with Crippen molar-refractivity contribution < 1.29 is 14.0 Å². The van der Waals surface area contributed by atoms with Crippen molar-refractivity contribution >= 4 is 45.0 Å². The van der Waals surface area contributed by atoms with Crippen LogP contribution < -0.4 is 10.9 Å². The van der Waals surface area contributed by atoms with Gasteiger partial charge in [-0.05, 0) is 51.3 Å². The topological polar surface area (TPSA) is 81.1 Å². The summed E-state index contributed by atoms with van der Waals surface area (Å²) in [5.41, 5.74) is 1.54. The predicted molar refractivity (Wildman–Crippen MR) is 128 cm³/mol. The van der Waals surface area contributed by atoms with Gasteiger partial charge >= 0.3 is 0 Å². The number of rotatable bonds is 8. The number of Topliss-reactive ketones (excluding diaryl/α,β-unsaturated/α-hetero) is 1. The van der Waals surface area contributed by atoms with Gasteiger partial charge in [-0.15, -0.1) is 11.3 Å². The van der Waals surface area contributed by atoms with E-state index in [1.54, 1.807) is 16.7 Å². The molecule has 0 radical (unpaired) electrons. The van der Waals surface area contributed by atoms with Crippen LogP contribution in [0.1, 0.15) is 53.2 Å². The first-order valence-electron chi connectivity index (χ1n) is 10.3. The Balaban J connectivity index is 1.80. The van der Waals surface area contributed by atoms with E-state index in [0.717, 1.165) is 10.4 Å². The van der Waals surface area contributed by atoms with E-state index in [1.807, 2.05) is 27.7 Å². The van der Waals surface area contributed by atoms with Crippen LogP contribution in [0.2, 0.25) is 0 Å². The highest BCUT2D eigenvalue weighted by Gasteiger charge is 2.20. The first kappa shape index (κ1) is 24.1. The molecule has 9 heteroatoms. The maximum Gasteiger partial charge on any atom is 0.263 e. The molecule has 2 aromatic heterocycles. The number of nitrogens with one attached hydrogen (secondary N) is 1. The Labute approximate surface area is 194 Å². The number of benzene rings is 1. The molecule has 3 aromatic rings. The Morgan fingerprint density at radius 1 is 1.28 bits per heavy atom. The van der Waals surface area contributed by atoms with Gasteiger partial charge in [0.15, 0.2) is 10.9 Å². The van der Waals surface area contributed by atoms with Crippen LogP contribution in [0.4, 0.5) is 4.39 Å². The molecule has 0 spiro atoms. The third-order valence-corrected chi connectivity index (χ3v) is 7.25. The minimum Gasteiger partial charge on any atom is -0.356 e. The number of hydrogen-bond acceptors (Lipinski definition) is 6. The molecule has 0 aliphatic rings. The molecule has 3 rings (SSSR count). The van der Waals surface area contributed by atoms with Crippen LogP contribution in [0.25, 0.3) is 10.2 Å². The fourth-order valence-corrected chi connectivity index (χ4v) is 5.45. The van der Waals surface area contributed by atoms with E-state index in [1.165, 1.54) is 36.1 Å². The zero-order chi connectivity index (χ0) is 23.6. The first-order chi connectivity index (χ1) is 15.1. The van der Waals surface area contributed by atoms with Crippen LogP contribution >= 0.6 is 23.1 Å². The van der Waals surface area contributed by atoms with E-state index >= 15 is 0 Å². The minimum absolute atomic E-state index is 0.0404. The van der Waals surface area contributed by atoms with Crippen molar-refractivity contribution in [3.63, 3.8) is 0 Å². The second-order valence-corrected chi connectivity index (χ2v) is 10.0. The van der Waals surface area contributed by atoms with Crippen LogP contribution in [0.3, 0.4) is 0 Å². The fraction of sp³-hybridized carbons (Fsp3) is 0.391. The van der Waals surface area contributed by atoms with E-state index in [9.17, 15) is 18.8 Å². The fourth-order valence-electron chi connectivity index (χ4n) is 3.36. The van der Waals surface area contributed by atoms with E-state index in [4.69, 9.17) is 0 Å².